The molecule has 0 amide bonds. The average Bonchev–Trinajstić information content (AvgIpc) is 2.49. The van der Waals surface area contributed by atoms with Crippen LogP contribution in [0.25, 0.3) is 0 Å². The molecule has 0 spiro atoms. The van der Waals surface area contributed by atoms with Gasteiger partial charge in [0.2, 0.25) is 0 Å². The van der Waals surface area contributed by atoms with Gasteiger partial charge in [0.1, 0.15) is 0 Å². The maximum Gasteiger partial charge on any atom is 0.162 e. The van der Waals surface area contributed by atoms with Crippen molar-refractivity contribution in [2.75, 3.05) is 13.2 Å². The second-order valence-corrected chi connectivity index (χ2v) is 4.64. The quantitative estimate of drug-likeness (QED) is 0.776. The Morgan fingerprint density at radius 2 is 1.70 bits per heavy atom. The van der Waals surface area contributed by atoms with Crippen molar-refractivity contribution in [1.29, 1.82) is 0 Å². The smallest absolute Gasteiger partial charge is 0.162 e. The van der Waals surface area contributed by atoms with Crippen LogP contribution in [0, 0.1) is 11.8 Å². The first-order valence-corrected chi connectivity index (χ1v) is 7.38. The monoisotopic (exact) mass is 275 g/mol. The molecule has 3 heteroatoms. The molecule has 0 aliphatic rings. The van der Waals surface area contributed by atoms with Crippen LogP contribution in [0.3, 0.4) is 0 Å². The van der Waals surface area contributed by atoms with Gasteiger partial charge in [0.05, 0.1) is 19.3 Å². The molecule has 1 aromatic rings. The van der Waals surface area contributed by atoms with Crippen LogP contribution in [0.15, 0.2) is 18.2 Å². The van der Waals surface area contributed by atoms with E-state index in [4.69, 9.17) is 15.2 Å². The molecule has 0 saturated carbocycles. The molecule has 3 nitrogen and oxygen atoms in total. The average molecular weight is 275 g/mol. The van der Waals surface area contributed by atoms with Crippen LogP contribution in [0.1, 0.15) is 45.6 Å². The molecule has 0 aliphatic carbocycles. The number of rotatable bonds is 7. The summed E-state index contributed by atoms with van der Waals surface area (Å²) < 4.78 is 11.4. The Kier molecular flexibility index (Phi) is 7.60. The van der Waals surface area contributed by atoms with E-state index in [1.165, 1.54) is 0 Å². The lowest BCUT2D eigenvalue weighted by molar-refractivity contribution is 0.268. The summed E-state index contributed by atoms with van der Waals surface area (Å²) in [6, 6.07) is 5.71. The van der Waals surface area contributed by atoms with Crippen molar-refractivity contribution in [3.63, 3.8) is 0 Å². The summed E-state index contributed by atoms with van der Waals surface area (Å²) in [5.74, 6) is 7.66. The summed E-state index contributed by atoms with van der Waals surface area (Å²) in [7, 11) is 0. The van der Waals surface area contributed by atoms with Gasteiger partial charge in [-0.05, 0) is 37.5 Å². The highest BCUT2D eigenvalue weighted by Crippen LogP contribution is 2.28. The third-order valence-corrected chi connectivity index (χ3v) is 2.71. The van der Waals surface area contributed by atoms with Crippen LogP contribution in [0.4, 0.5) is 0 Å². The minimum Gasteiger partial charge on any atom is -0.490 e. The number of ether oxygens (including phenoxy) is 2. The van der Waals surface area contributed by atoms with Gasteiger partial charge in [0.15, 0.2) is 11.5 Å². The zero-order valence-electron chi connectivity index (χ0n) is 12.7. The van der Waals surface area contributed by atoms with E-state index in [1.54, 1.807) is 0 Å². The summed E-state index contributed by atoms with van der Waals surface area (Å²) in [5.41, 5.74) is 6.71. The molecule has 1 aromatic carbocycles. The van der Waals surface area contributed by atoms with Crippen molar-refractivity contribution in [2.24, 2.45) is 5.73 Å². The lowest BCUT2D eigenvalue weighted by atomic mass is 10.1. The summed E-state index contributed by atoms with van der Waals surface area (Å²) in [6.45, 7) is 7.55. The molecule has 0 aliphatic heterocycles. The van der Waals surface area contributed by atoms with Gasteiger partial charge in [-0.15, -0.1) is 0 Å². The van der Waals surface area contributed by atoms with Crippen LogP contribution < -0.4 is 15.2 Å². The lowest BCUT2D eigenvalue weighted by Crippen LogP contribution is -2.15. The van der Waals surface area contributed by atoms with Crippen LogP contribution in [-0.2, 0) is 0 Å². The SMILES string of the molecule is CCCOc1ccc(C#CC(N)CC)cc1OCCC. The summed E-state index contributed by atoms with van der Waals surface area (Å²) >= 11 is 0. The van der Waals surface area contributed by atoms with E-state index >= 15 is 0 Å². The van der Waals surface area contributed by atoms with E-state index in [9.17, 15) is 0 Å². The highest BCUT2D eigenvalue weighted by Gasteiger charge is 2.06. The molecule has 1 unspecified atom stereocenters. The standard InChI is InChI=1S/C17H25NO2/c1-4-11-19-16-10-8-14(7-9-15(18)6-3)13-17(16)20-12-5-2/h8,10,13,15H,4-6,11-12,18H2,1-3H3. The van der Waals surface area contributed by atoms with Gasteiger partial charge in [0.25, 0.3) is 0 Å². The maximum atomic E-state index is 5.81. The second-order valence-electron chi connectivity index (χ2n) is 4.64. The third kappa shape index (κ3) is 5.54. The minimum absolute atomic E-state index is 0.0778. The molecule has 0 aromatic heterocycles. The Balaban J connectivity index is 2.90. The molecular weight excluding hydrogens is 250 g/mol. The van der Waals surface area contributed by atoms with E-state index in [0.29, 0.717) is 13.2 Å². The Bertz CT molecular complexity index is 460. The number of hydrogen-bond acceptors (Lipinski definition) is 3. The Hall–Kier alpha value is -1.66. The lowest BCUT2D eigenvalue weighted by Gasteiger charge is -2.12. The molecule has 20 heavy (non-hydrogen) atoms. The molecule has 0 heterocycles. The normalized spacial score (nSPS) is 11.4. The summed E-state index contributed by atoms with van der Waals surface area (Å²) in [5, 5.41) is 0. The minimum atomic E-state index is -0.0778. The molecule has 2 N–H and O–H groups in total. The predicted molar refractivity (Wildman–Crippen MR) is 83.2 cm³/mol. The second kappa shape index (κ2) is 9.28. The van der Waals surface area contributed by atoms with Crippen molar-refractivity contribution in [2.45, 2.75) is 46.1 Å². The van der Waals surface area contributed by atoms with Crippen LogP contribution in [-0.4, -0.2) is 19.3 Å². The molecule has 1 rings (SSSR count). The topological polar surface area (TPSA) is 44.5 Å². The van der Waals surface area contributed by atoms with Crippen molar-refractivity contribution < 1.29 is 9.47 Å². The fourth-order valence-electron chi connectivity index (χ4n) is 1.52. The highest BCUT2D eigenvalue weighted by atomic mass is 16.5. The number of benzene rings is 1. The van der Waals surface area contributed by atoms with Gasteiger partial charge in [-0.25, -0.2) is 0 Å². The zero-order valence-corrected chi connectivity index (χ0v) is 12.7. The Labute approximate surface area is 122 Å². The maximum absolute atomic E-state index is 5.81. The van der Waals surface area contributed by atoms with Gasteiger partial charge >= 0.3 is 0 Å². The molecule has 1 atom stereocenters. The van der Waals surface area contributed by atoms with Crippen LogP contribution in [0.2, 0.25) is 0 Å². The van der Waals surface area contributed by atoms with Crippen LogP contribution in [0.5, 0.6) is 11.5 Å². The van der Waals surface area contributed by atoms with E-state index in [1.807, 2.05) is 25.1 Å². The highest BCUT2D eigenvalue weighted by molar-refractivity contribution is 5.48. The predicted octanol–water partition coefficient (Wildman–Crippen LogP) is 3.35. The van der Waals surface area contributed by atoms with Gasteiger partial charge in [-0.2, -0.15) is 0 Å². The first kappa shape index (κ1) is 16.4. The summed E-state index contributed by atoms with van der Waals surface area (Å²) in [4.78, 5) is 0. The number of nitrogens with two attached hydrogens (primary N) is 1. The Morgan fingerprint density at radius 1 is 1.05 bits per heavy atom. The van der Waals surface area contributed by atoms with E-state index in [2.05, 4.69) is 25.7 Å². The van der Waals surface area contributed by atoms with Crippen molar-refractivity contribution in [3.05, 3.63) is 23.8 Å². The molecule has 0 fully saturated rings. The molecular formula is C17H25NO2. The van der Waals surface area contributed by atoms with Crippen molar-refractivity contribution in [1.82, 2.24) is 0 Å². The third-order valence-electron chi connectivity index (χ3n) is 2.71. The largest absolute Gasteiger partial charge is 0.490 e. The van der Waals surface area contributed by atoms with Crippen LogP contribution >= 0.6 is 0 Å². The van der Waals surface area contributed by atoms with Gasteiger partial charge in [-0.3, -0.25) is 0 Å². The first-order valence-electron chi connectivity index (χ1n) is 7.38. The van der Waals surface area contributed by atoms with Gasteiger partial charge < -0.3 is 15.2 Å². The molecule has 0 saturated heterocycles. The zero-order chi connectivity index (χ0) is 14.8. The Morgan fingerprint density at radius 3 is 2.30 bits per heavy atom. The van der Waals surface area contributed by atoms with Crippen molar-refractivity contribution in [3.8, 4) is 23.3 Å². The fraction of sp³-hybridized carbons (Fsp3) is 0.529. The molecule has 0 radical (unpaired) electrons. The number of hydrogen-bond donors (Lipinski definition) is 1. The fourth-order valence-corrected chi connectivity index (χ4v) is 1.52. The van der Waals surface area contributed by atoms with E-state index in [0.717, 1.165) is 36.3 Å². The van der Waals surface area contributed by atoms with E-state index in [-0.39, 0.29) is 6.04 Å². The molecule has 110 valence electrons. The first-order chi connectivity index (χ1) is 9.71. The molecule has 0 bridgehead atoms. The van der Waals surface area contributed by atoms with Gasteiger partial charge in [-0.1, -0.05) is 32.6 Å². The summed E-state index contributed by atoms with van der Waals surface area (Å²) in [6.07, 6.45) is 2.79. The van der Waals surface area contributed by atoms with E-state index < -0.39 is 0 Å². The van der Waals surface area contributed by atoms with Crippen molar-refractivity contribution >= 4 is 0 Å². The van der Waals surface area contributed by atoms with Gasteiger partial charge in [0, 0.05) is 5.56 Å².